The Balaban J connectivity index is 2.04. The highest BCUT2D eigenvalue weighted by atomic mass is 35.5. The van der Waals surface area contributed by atoms with Crippen LogP contribution in [-0.4, -0.2) is 19.1 Å². The Morgan fingerprint density at radius 2 is 2.14 bits per heavy atom. The SMILES string of the molecule is CC(Cl)c1nc2cc(Cl)c(F)cc2n1CCn1ccnc1. The smallest absolute Gasteiger partial charge is 0.144 e. The Morgan fingerprint density at radius 1 is 1.33 bits per heavy atom. The van der Waals surface area contributed by atoms with Crippen molar-refractivity contribution in [1.82, 2.24) is 19.1 Å². The summed E-state index contributed by atoms with van der Waals surface area (Å²) in [4.78, 5) is 8.47. The van der Waals surface area contributed by atoms with Gasteiger partial charge in [-0.2, -0.15) is 0 Å². The maximum absolute atomic E-state index is 13.7. The van der Waals surface area contributed by atoms with E-state index in [4.69, 9.17) is 23.2 Å². The van der Waals surface area contributed by atoms with Crippen LogP contribution in [0.2, 0.25) is 5.02 Å². The Labute approximate surface area is 131 Å². The molecular weight excluding hydrogens is 314 g/mol. The molecule has 0 saturated heterocycles. The van der Waals surface area contributed by atoms with E-state index < -0.39 is 5.82 Å². The molecule has 3 rings (SSSR count). The lowest BCUT2D eigenvalue weighted by Crippen LogP contribution is -2.10. The van der Waals surface area contributed by atoms with E-state index in [0.717, 1.165) is 0 Å². The number of nitrogens with zero attached hydrogens (tertiary/aromatic N) is 4. The van der Waals surface area contributed by atoms with Gasteiger partial charge in [-0.3, -0.25) is 0 Å². The summed E-state index contributed by atoms with van der Waals surface area (Å²) in [7, 11) is 0. The van der Waals surface area contributed by atoms with E-state index >= 15 is 0 Å². The van der Waals surface area contributed by atoms with E-state index in [1.165, 1.54) is 12.1 Å². The third-order valence-corrected chi connectivity index (χ3v) is 3.80. The third kappa shape index (κ3) is 2.76. The fourth-order valence-electron chi connectivity index (χ4n) is 2.31. The van der Waals surface area contributed by atoms with Crippen molar-refractivity contribution in [3.05, 3.63) is 47.5 Å². The summed E-state index contributed by atoms with van der Waals surface area (Å²) >= 11 is 12.0. The zero-order chi connectivity index (χ0) is 15.0. The van der Waals surface area contributed by atoms with Gasteiger partial charge in [-0.15, -0.1) is 11.6 Å². The van der Waals surface area contributed by atoms with Crippen molar-refractivity contribution in [3.8, 4) is 0 Å². The molecule has 0 spiro atoms. The fraction of sp³-hybridized carbons (Fsp3) is 0.286. The molecule has 3 aromatic rings. The number of imidazole rings is 2. The molecule has 0 aliphatic heterocycles. The first kappa shape index (κ1) is 14.4. The molecule has 0 aliphatic carbocycles. The van der Waals surface area contributed by atoms with Gasteiger partial charge in [-0.05, 0) is 13.0 Å². The average molecular weight is 327 g/mol. The van der Waals surface area contributed by atoms with Crippen LogP contribution in [0.1, 0.15) is 18.1 Å². The van der Waals surface area contributed by atoms with Gasteiger partial charge in [-0.25, -0.2) is 14.4 Å². The summed E-state index contributed by atoms with van der Waals surface area (Å²) in [6.07, 6.45) is 5.33. The fourth-order valence-corrected chi connectivity index (χ4v) is 2.64. The lowest BCUT2D eigenvalue weighted by Gasteiger charge is -2.11. The van der Waals surface area contributed by atoms with Crippen LogP contribution in [0, 0.1) is 5.82 Å². The second-order valence-electron chi connectivity index (χ2n) is 4.79. The normalized spacial score (nSPS) is 13.0. The van der Waals surface area contributed by atoms with Crippen LogP contribution in [0.3, 0.4) is 0 Å². The molecule has 0 saturated carbocycles. The first-order chi connectivity index (χ1) is 10.1. The second-order valence-corrected chi connectivity index (χ2v) is 5.86. The second kappa shape index (κ2) is 5.66. The molecule has 1 atom stereocenters. The van der Waals surface area contributed by atoms with Crippen LogP contribution >= 0.6 is 23.2 Å². The Hall–Kier alpha value is -1.59. The maximum Gasteiger partial charge on any atom is 0.144 e. The van der Waals surface area contributed by atoms with E-state index in [2.05, 4.69) is 9.97 Å². The minimum atomic E-state index is -0.457. The van der Waals surface area contributed by atoms with Gasteiger partial charge in [0.1, 0.15) is 11.6 Å². The molecule has 2 aromatic heterocycles. The van der Waals surface area contributed by atoms with Gasteiger partial charge in [0.15, 0.2) is 0 Å². The molecule has 1 unspecified atom stereocenters. The lowest BCUT2D eigenvalue weighted by molar-refractivity contribution is 0.568. The standard InChI is InChI=1S/C14H13Cl2FN4/c1-9(15)14-19-12-6-10(16)11(17)7-13(12)21(14)5-4-20-3-2-18-8-20/h2-3,6-9H,4-5H2,1H3. The van der Waals surface area contributed by atoms with Crippen molar-refractivity contribution in [2.45, 2.75) is 25.4 Å². The van der Waals surface area contributed by atoms with Gasteiger partial charge in [0.2, 0.25) is 0 Å². The highest BCUT2D eigenvalue weighted by Gasteiger charge is 2.16. The van der Waals surface area contributed by atoms with Gasteiger partial charge in [-0.1, -0.05) is 11.6 Å². The van der Waals surface area contributed by atoms with Crippen molar-refractivity contribution in [2.75, 3.05) is 0 Å². The average Bonchev–Trinajstić information content (AvgIpc) is 3.05. The van der Waals surface area contributed by atoms with Crippen LogP contribution in [0.15, 0.2) is 30.9 Å². The first-order valence-corrected chi connectivity index (χ1v) is 7.32. The number of rotatable bonds is 4. The number of alkyl halides is 1. The van der Waals surface area contributed by atoms with Crippen LogP contribution in [0.25, 0.3) is 11.0 Å². The number of hydrogen-bond acceptors (Lipinski definition) is 2. The minimum Gasteiger partial charge on any atom is -0.336 e. The highest BCUT2D eigenvalue weighted by Crippen LogP contribution is 2.28. The summed E-state index contributed by atoms with van der Waals surface area (Å²) in [6, 6.07) is 2.93. The molecule has 110 valence electrons. The molecule has 0 fully saturated rings. The molecule has 0 aliphatic rings. The number of aryl methyl sites for hydroxylation is 2. The lowest BCUT2D eigenvalue weighted by atomic mass is 10.3. The van der Waals surface area contributed by atoms with E-state index in [-0.39, 0.29) is 10.4 Å². The number of fused-ring (bicyclic) bond motifs is 1. The molecule has 0 radical (unpaired) electrons. The quantitative estimate of drug-likeness (QED) is 0.679. The van der Waals surface area contributed by atoms with Crippen LogP contribution in [0.4, 0.5) is 4.39 Å². The van der Waals surface area contributed by atoms with Crippen LogP contribution in [0.5, 0.6) is 0 Å². The molecule has 21 heavy (non-hydrogen) atoms. The number of hydrogen-bond donors (Lipinski definition) is 0. The van der Waals surface area contributed by atoms with Crippen molar-refractivity contribution in [2.24, 2.45) is 0 Å². The van der Waals surface area contributed by atoms with E-state index in [9.17, 15) is 4.39 Å². The molecular formula is C14H13Cl2FN4. The zero-order valence-electron chi connectivity index (χ0n) is 11.3. The third-order valence-electron chi connectivity index (χ3n) is 3.32. The summed E-state index contributed by atoms with van der Waals surface area (Å²) in [5.74, 6) is 0.246. The Bertz CT molecular complexity index is 765. The van der Waals surface area contributed by atoms with E-state index in [1.54, 1.807) is 12.5 Å². The van der Waals surface area contributed by atoms with Gasteiger partial charge >= 0.3 is 0 Å². The summed E-state index contributed by atoms with van der Waals surface area (Å²) in [5, 5.41) is -0.211. The predicted octanol–water partition coefficient (Wildman–Crippen LogP) is 4.03. The molecule has 1 aromatic carbocycles. The van der Waals surface area contributed by atoms with E-state index in [0.29, 0.717) is 29.9 Å². The molecule has 0 bridgehead atoms. The minimum absolute atomic E-state index is 0.0653. The highest BCUT2D eigenvalue weighted by molar-refractivity contribution is 6.31. The Morgan fingerprint density at radius 3 is 2.81 bits per heavy atom. The van der Waals surface area contributed by atoms with Crippen LogP contribution in [-0.2, 0) is 13.1 Å². The zero-order valence-corrected chi connectivity index (χ0v) is 12.8. The van der Waals surface area contributed by atoms with Gasteiger partial charge < -0.3 is 9.13 Å². The summed E-state index contributed by atoms with van der Waals surface area (Å²) in [5.41, 5.74) is 1.34. The number of benzene rings is 1. The first-order valence-electron chi connectivity index (χ1n) is 6.51. The van der Waals surface area contributed by atoms with Crippen LogP contribution < -0.4 is 0 Å². The number of aromatic nitrogens is 4. The predicted molar refractivity (Wildman–Crippen MR) is 81.2 cm³/mol. The van der Waals surface area contributed by atoms with E-state index in [1.807, 2.05) is 22.3 Å². The molecule has 7 heteroatoms. The topological polar surface area (TPSA) is 35.6 Å². The van der Waals surface area contributed by atoms with Gasteiger partial charge in [0, 0.05) is 31.5 Å². The van der Waals surface area contributed by atoms with Crippen molar-refractivity contribution in [1.29, 1.82) is 0 Å². The molecule has 0 amide bonds. The summed E-state index contributed by atoms with van der Waals surface area (Å²) < 4.78 is 17.6. The largest absolute Gasteiger partial charge is 0.336 e. The van der Waals surface area contributed by atoms with Crippen molar-refractivity contribution < 1.29 is 4.39 Å². The van der Waals surface area contributed by atoms with Crippen molar-refractivity contribution >= 4 is 34.2 Å². The summed E-state index contributed by atoms with van der Waals surface area (Å²) in [6.45, 7) is 3.17. The number of halogens is 3. The molecule has 4 nitrogen and oxygen atoms in total. The van der Waals surface area contributed by atoms with Crippen molar-refractivity contribution in [3.63, 3.8) is 0 Å². The Kier molecular flexibility index (Phi) is 3.87. The monoisotopic (exact) mass is 326 g/mol. The van der Waals surface area contributed by atoms with Gasteiger partial charge in [0.25, 0.3) is 0 Å². The van der Waals surface area contributed by atoms with Gasteiger partial charge in [0.05, 0.1) is 27.8 Å². The molecule has 2 heterocycles. The molecule has 0 N–H and O–H groups in total. The maximum atomic E-state index is 13.7.